The van der Waals surface area contributed by atoms with Gasteiger partial charge in [-0.3, -0.25) is 0 Å². The van der Waals surface area contributed by atoms with E-state index in [0.29, 0.717) is 23.1 Å². The van der Waals surface area contributed by atoms with E-state index in [9.17, 15) is 4.39 Å². The summed E-state index contributed by atoms with van der Waals surface area (Å²) in [6.07, 6.45) is 0.442. The molecule has 0 amide bonds. The van der Waals surface area contributed by atoms with Crippen molar-refractivity contribution in [3.63, 3.8) is 0 Å². The number of hydrogen-bond acceptors (Lipinski definition) is 2. The lowest BCUT2D eigenvalue weighted by Crippen LogP contribution is -2.36. The van der Waals surface area contributed by atoms with E-state index in [1.54, 1.807) is 12.1 Å². The van der Waals surface area contributed by atoms with Crippen molar-refractivity contribution < 1.29 is 13.9 Å². The Morgan fingerprint density at radius 3 is 2.88 bits per heavy atom. The Morgan fingerprint density at radius 1 is 1.44 bits per heavy atom. The Kier molecular flexibility index (Phi) is 3.33. The highest BCUT2D eigenvalue weighted by atomic mass is 79.9. The van der Waals surface area contributed by atoms with Crippen molar-refractivity contribution in [3.05, 3.63) is 34.1 Å². The molecule has 1 aromatic rings. The normalized spacial score (nSPS) is 24.4. The number of benzene rings is 1. The van der Waals surface area contributed by atoms with Gasteiger partial charge in [-0.15, -0.1) is 0 Å². The molecule has 1 saturated heterocycles. The largest absolute Gasteiger partial charge is 0.350 e. The maximum absolute atomic E-state index is 13.9. The van der Waals surface area contributed by atoms with Crippen LogP contribution >= 0.6 is 15.9 Å². The second-order valence-corrected chi connectivity index (χ2v) is 5.14. The molecule has 4 heteroatoms. The highest BCUT2D eigenvalue weighted by molar-refractivity contribution is 9.10. The first kappa shape index (κ1) is 12.0. The van der Waals surface area contributed by atoms with Crippen LogP contribution < -0.4 is 0 Å². The van der Waals surface area contributed by atoms with E-state index in [4.69, 9.17) is 9.47 Å². The molecular formula is C12H14BrFO2. The molecule has 0 N–H and O–H groups in total. The maximum atomic E-state index is 13.9. The summed E-state index contributed by atoms with van der Waals surface area (Å²) in [5, 5.41) is 0. The molecule has 1 aliphatic heterocycles. The van der Waals surface area contributed by atoms with E-state index in [1.165, 1.54) is 0 Å². The first-order valence-electron chi connectivity index (χ1n) is 5.25. The van der Waals surface area contributed by atoms with Crippen LogP contribution in [-0.2, 0) is 9.47 Å². The van der Waals surface area contributed by atoms with Gasteiger partial charge in [-0.1, -0.05) is 12.1 Å². The summed E-state index contributed by atoms with van der Waals surface area (Å²) < 4.78 is 25.5. The van der Waals surface area contributed by atoms with Crippen LogP contribution in [0.1, 0.15) is 31.9 Å². The number of halogens is 2. The average molecular weight is 289 g/mol. The van der Waals surface area contributed by atoms with Crippen molar-refractivity contribution in [2.75, 3.05) is 6.61 Å². The fraction of sp³-hybridized carbons (Fsp3) is 0.500. The van der Waals surface area contributed by atoms with Crippen LogP contribution in [0.3, 0.4) is 0 Å². The van der Waals surface area contributed by atoms with Crippen molar-refractivity contribution in [1.82, 2.24) is 0 Å². The van der Waals surface area contributed by atoms with Crippen molar-refractivity contribution in [2.45, 2.75) is 32.2 Å². The molecule has 0 radical (unpaired) electrons. The molecule has 16 heavy (non-hydrogen) atoms. The molecule has 2 nitrogen and oxygen atoms in total. The van der Waals surface area contributed by atoms with Crippen molar-refractivity contribution in [1.29, 1.82) is 0 Å². The molecule has 1 fully saturated rings. The van der Waals surface area contributed by atoms with E-state index >= 15 is 0 Å². The molecule has 0 saturated carbocycles. The lowest BCUT2D eigenvalue weighted by molar-refractivity contribution is -0.276. The van der Waals surface area contributed by atoms with Gasteiger partial charge in [0.1, 0.15) is 5.82 Å². The number of rotatable bonds is 1. The minimum absolute atomic E-state index is 0.235. The first-order chi connectivity index (χ1) is 7.49. The molecule has 1 atom stereocenters. The van der Waals surface area contributed by atoms with Gasteiger partial charge in [-0.05, 0) is 35.8 Å². The maximum Gasteiger partial charge on any atom is 0.163 e. The zero-order valence-corrected chi connectivity index (χ0v) is 10.9. The highest BCUT2D eigenvalue weighted by Gasteiger charge is 2.31. The van der Waals surface area contributed by atoms with Crippen molar-refractivity contribution in [3.8, 4) is 0 Å². The summed E-state index contributed by atoms with van der Waals surface area (Å²) in [6.45, 7) is 4.27. The van der Waals surface area contributed by atoms with Gasteiger partial charge >= 0.3 is 0 Å². The highest BCUT2D eigenvalue weighted by Crippen LogP contribution is 2.35. The second kappa shape index (κ2) is 4.43. The van der Waals surface area contributed by atoms with E-state index in [0.717, 1.165) is 0 Å². The summed E-state index contributed by atoms with van der Waals surface area (Å²) in [4.78, 5) is 0. The molecule has 0 bridgehead atoms. The zero-order chi connectivity index (χ0) is 11.8. The fourth-order valence-electron chi connectivity index (χ4n) is 1.84. The van der Waals surface area contributed by atoms with Gasteiger partial charge < -0.3 is 9.47 Å². The van der Waals surface area contributed by atoms with Gasteiger partial charge in [0.2, 0.25) is 0 Å². The van der Waals surface area contributed by atoms with Gasteiger partial charge in [0.25, 0.3) is 0 Å². The third-order valence-electron chi connectivity index (χ3n) is 2.58. The predicted molar refractivity (Wildman–Crippen MR) is 62.6 cm³/mol. The van der Waals surface area contributed by atoms with E-state index in [-0.39, 0.29) is 11.9 Å². The van der Waals surface area contributed by atoms with Crippen LogP contribution in [0.5, 0.6) is 0 Å². The molecule has 0 aromatic heterocycles. The minimum Gasteiger partial charge on any atom is -0.350 e. The fourth-order valence-corrected chi connectivity index (χ4v) is 2.22. The summed E-state index contributed by atoms with van der Waals surface area (Å²) in [5.41, 5.74) is 0.589. The van der Waals surface area contributed by atoms with E-state index in [1.807, 2.05) is 19.9 Å². The Bertz CT molecular complexity index is 393. The topological polar surface area (TPSA) is 18.5 Å². The van der Waals surface area contributed by atoms with Crippen LogP contribution in [0.25, 0.3) is 0 Å². The second-order valence-electron chi connectivity index (χ2n) is 4.29. The molecule has 1 unspecified atom stereocenters. The lowest BCUT2D eigenvalue weighted by Gasteiger charge is -2.36. The predicted octanol–water partition coefficient (Wildman–Crippen LogP) is 3.80. The van der Waals surface area contributed by atoms with Gasteiger partial charge in [0.15, 0.2) is 5.79 Å². The smallest absolute Gasteiger partial charge is 0.163 e. The Balaban J connectivity index is 2.27. The Morgan fingerprint density at radius 2 is 2.19 bits per heavy atom. The molecule has 0 aliphatic carbocycles. The summed E-state index contributed by atoms with van der Waals surface area (Å²) in [5.74, 6) is -0.886. The molecular weight excluding hydrogens is 275 g/mol. The molecule has 1 heterocycles. The summed E-state index contributed by atoms with van der Waals surface area (Å²) >= 11 is 3.18. The standard InChI is InChI=1S/C12H14BrFO2/c1-12(2)15-7-6-10(16-12)8-4-3-5-9(13)11(8)14/h3-5,10H,6-7H2,1-2H3. The van der Waals surface area contributed by atoms with Crippen LogP contribution in [-0.4, -0.2) is 12.4 Å². The zero-order valence-electron chi connectivity index (χ0n) is 9.30. The van der Waals surface area contributed by atoms with Crippen LogP contribution in [0, 0.1) is 5.82 Å². The van der Waals surface area contributed by atoms with Gasteiger partial charge in [-0.25, -0.2) is 4.39 Å². The van der Waals surface area contributed by atoms with Gasteiger partial charge in [0, 0.05) is 12.0 Å². The third-order valence-corrected chi connectivity index (χ3v) is 3.20. The number of ether oxygens (including phenoxy) is 2. The SMILES string of the molecule is CC1(C)OCCC(c2cccc(Br)c2F)O1. The monoisotopic (exact) mass is 288 g/mol. The summed E-state index contributed by atoms with van der Waals surface area (Å²) in [7, 11) is 0. The van der Waals surface area contributed by atoms with E-state index < -0.39 is 5.79 Å². The third kappa shape index (κ3) is 2.44. The Hall–Kier alpha value is -0.450. The van der Waals surface area contributed by atoms with Crippen molar-refractivity contribution in [2.24, 2.45) is 0 Å². The quantitative estimate of drug-likeness (QED) is 0.783. The van der Waals surface area contributed by atoms with Crippen molar-refractivity contribution >= 4 is 15.9 Å². The average Bonchev–Trinajstić information content (AvgIpc) is 2.20. The summed E-state index contributed by atoms with van der Waals surface area (Å²) in [6, 6.07) is 5.25. The molecule has 2 rings (SSSR count). The number of hydrogen-bond donors (Lipinski definition) is 0. The Labute approximate surface area is 103 Å². The first-order valence-corrected chi connectivity index (χ1v) is 6.04. The molecule has 1 aliphatic rings. The van der Waals surface area contributed by atoms with E-state index in [2.05, 4.69) is 15.9 Å². The van der Waals surface area contributed by atoms with Crippen LogP contribution in [0.4, 0.5) is 4.39 Å². The molecule has 1 aromatic carbocycles. The minimum atomic E-state index is -0.641. The molecule has 0 spiro atoms. The molecule has 88 valence electrons. The van der Waals surface area contributed by atoms with Crippen LogP contribution in [0.15, 0.2) is 22.7 Å². The van der Waals surface area contributed by atoms with Gasteiger partial charge in [-0.2, -0.15) is 0 Å². The lowest BCUT2D eigenvalue weighted by atomic mass is 10.0. The van der Waals surface area contributed by atoms with Gasteiger partial charge in [0.05, 0.1) is 17.2 Å². The van der Waals surface area contributed by atoms with Crippen LogP contribution in [0.2, 0.25) is 0 Å².